The molecule has 4 nitrogen and oxygen atoms in total. The maximum absolute atomic E-state index is 11.6. The molecule has 0 bridgehead atoms. The van der Waals surface area contributed by atoms with E-state index in [1.54, 1.807) is 0 Å². The van der Waals surface area contributed by atoms with Gasteiger partial charge < -0.3 is 9.47 Å². The van der Waals surface area contributed by atoms with Crippen LogP contribution in [0.25, 0.3) is 0 Å². The smallest absolute Gasteiger partial charge is 0.308 e. The molecule has 142 valence electrons. The Hall–Kier alpha value is -1.06. The van der Waals surface area contributed by atoms with Gasteiger partial charge in [0.05, 0.1) is 19.1 Å². The van der Waals surface area contributed by atoms with Crippen LogP contribution in [0.2, 0.25) is 0 Å². The zero-order valence-corrected chi connectivity index (χ0v) is 16.1. The van der Waals surface area contributed by atoms with Gasteiger partial charge in [0.1, 0.15) is 0 Å². The Morgan fingerprint density at radius 2 is 1.25 bits per heavy atom. The predicted octanol–water partition coefficient (Wildman–Crippen LogP) is 5.43. The predicted molar refractivity (Wildman–Crippen MR) is 97.8 cm³/mol. The number of unbranched alkanes of at least 4 members (excludes halogenated alkanes) is 7. The van der Waals surface area contributed by atoms with Crippen molar-refractivity contribution in [3.05, 3.63) is 0 Å². The van der Waals surface area contributed by atoms with Gasteiger partial charge in [-0.3, -0.25) is 9.59 Å². The van der Waals surface area contributed by atoms with Crippen molar-refractivity contribution in [1.29, 1.82) is 0 Å². The van der Waals surface area contributed by atoms with Gasteiger partial charge in [0.25, 0.3) is 0 Å². The molecule has 0 aromatic heterocycles. The average molecular weight is 343 g/mol. The van der Waals surface area contributed by atoms with Gasteiger partial charge in [0, 0.05) is 6.42 Å². The highest BCUT2D eigenvalue weighted by Crippen LogP contribution is 2.14. The number of hydrogen-bond acceptors (Lipinski definition) is 4. The SMILES string of the molecule is CCCOC(=O)CCCCCCCCCCC(C)C(=O)OCCC. The minimum Gasteiger partial charge on any atom is -0.466 e. The minimum atomic E-state index is -0.0524. The van der Waals surface area contributed by atoms with Crippen molar-refractivity contribution in [2.24, 2.45) is 5.92 Å². The Labute approximate surface area is 148 Å². The molecule has 4 heteroatoms. The fourth-order valence-corrected chi connectivity index (χ4v) is 2.53. The summed E-state index contributed by atoms with van der Waals surface area (Å²) < 4.78 is 10.2. The summed E-state index contributed by atoms with van der Waals surface area (Å²) in [5.41, 5.74) is 0. The molecule has 0 spiro atoms. The maximum Gasteiger partial charge on any atom is 0.308 e. The van der Waals surface area contributed by atoms with Crippen molar-refractivity contribution in [2.75, 3.05) is 13.2 Å². The summed E-state index contributed by atoms with van der Waals surface area (Å²) in [5.74, 6) is -0.0678. The van der Waals surface area contributed by atoms with Crippen molar-refractivity contribution in [2.45, 2.75) is 97.8 Å². The second-order valence-electron chi connectivity index (χ2n) is 6.66. The fourth-order valence-electron chi connectivity index (χ4n) is 2.53. The highest BCUT2D eigenvalue weighted by Gasteiger charge is 2.13. The van der Waals surface area contributed by atoms with Crippen LogP contribution in [0.5, 0.6) is 0 Å². The van der Waals surface area contributed by atoms with E-state index in [0.29, 0.717) is 19.6 Å². The molecule has 1 unspecified atom stereocenters. The molecule has 0 aromatic rings. The second-order valence-corrected chi connectivity index (χ2v) is 6.66. The quantitative estimate of drug-likeness (QED) is 0.277. The first-order valence-corrected chi connectivity index (χ1v) is 9.94. The number of carbonyl (C=O) groups excluding carboxylic acids is 2. The van der Waals surface area contributed by atoms with Crippen molar-refractivity contribution in [1.82, 2.24) is 0 Å². The van der Waals surface area contributed by atoms with Gasteiger partial charge in [-0.15, -0.1) is 0 Å². The highest BCUT2D eigenvalue weighted by molar-refractivity contribution is 5.71. The summed E-state index contributed by atoms with van der Waals surface area (Å²) in [6.45, 7) is 7.07. The van der Waals surface area contributed by atoms with E-state index in [9.17, 15) is 9.59 Å². The van der Waals surface area contributed by atoms with Crippen LogP contribution in [0.3, 0.4) is 0 Å². The lowest BCUT2D eigenvalue weighted by atomic mass is 10.0. The molecule has 0 fully saturated rings. The van der Waals surface area contributed by atoms with Gasteiger partial charge in [0.2, 0.25) is 0 Å². The molecule has 0 aromatic carbocycles. The highest BCUT2D eigenvalue weighted by atomic mass is 16.5. The number of ether oxygens (including phenoxy) is 2. The summed E-state index contributed by atoms with van der Waals surface area (Å²) in [4.78, 5) is 22.9. The van der Waals surface area contributed by atoms with Crippen LogP contribution in [0.4, 0.5) is 0 Å². The third kappa shape index (κ3) is 14.5. The van der Waals surface area contributed by atoms with Crippen molar-refractivity contribution < 1.29 is 19.1 Å². The first-order chi connectivity index (χ1) is 11.6. The summed E-state index contributed by atoms with van der Waals surface area (Å²) >= 11 is 0. The van der Waals surface area contributed by atoms with E-state index < -0.39 is 0 Å². The van der Waals surface area contributed by atoms with Gasteiger partial charge in [-0.25, -0.2) is 0 Å². The zero-order chi connectivity index (χ0) is 18.0. The number of hydrogen-bond donors (Lipinski definition) is 0. The molecular weight excluding hydrogens is 304 g/mol. The largest absolute Gasteiger partial charge is 0.466 e. The van der Waals surface area contributed by atoms with Crippen LogP contribution in [-0.2, 0) is 19.1 Å². The van der Waals surface area contributed by atoms with Crippen LogP contribution in [-0.4, -0.2) is 25.2 Å². The van der Waals surface area contributed by atoms with Crippen molar-refractivity contribution >= 4 is 11.9 Å². The van der Waals surface area contributed by atoms with Crippen LogP contribution < -0.4 is 0 Å². The van der Waals surface area contributed by atoms with Crippen molar-refractivity contribution in [3.63, 3.8) is 0 Å². The number of carbonyl (C=O) groups is 2. The van der Waals surface area contributed by atoms with E-state index in [4.69, 9.17) is 9.47 Å². The topological polar surface area (TPSA) is 52.6 Å². The molecule has 0 aliphatic heterocycles. The van der Waals surface area contributed by atoms with Crippen LogP contribution >= 0.6 is 0 Å². The summed E-state index contributed by atoms with van der Waals surface area (Å²) in [6.07, 6.45) is 12.5. The van der Waals surface area contributed by atoms with Gasteiger partial charge >= 0.3 is 11.9 Å². The lowest BCUT2D eigenvalue weighted by Crippen LogP contribution is -2.15. The molecule has 0 amide bonds. The van der Waals surface area contributed by atoms with Crippen molar-refractivity contribution in [3.8, 4) is 0 Å². The van der Waals surface area contributed by atoms with Crippen LogP contribution in [0.1, 0.15) is 97.8 Å². The minimum absolute atomic E-state index is 0.0315. The first-order valence-electron chi connectivity index (χ1n) is 9.94. The Morgan fingerprint density at radius 1 is 0.750 bits per heavy atom. The molecule has 1 atom stereocenters. The molecular formula is C20H38O4. The van der Waals surface area contributed by atoms with Gasteiger partial charge in [-0.1, -0.05) is 65.7 Å². The lowest BCUT2D eigenvalue weighted by Gasteiger charge is -2.10. The average Bonchev–Trinajstić information content (AvgIpc) is 2.58. The molecule has 0 rings (SSSR count). The zero-order valence-electron chi connectivity index (χ0n) is 16.1. The van der Waals surface area contributed by atoms with Crippen LogP contribution in [0, 0.1) is 5.92 Å². The van der Waals surface area contributed by atoms with Gasteiger partial charge in [0.15, 0.2) is 0 Å². The van der Waals surface area contributed by atoms with Gasteiger partial charge in [-0.2, -0.15) is 0 Å². The Balaban J connectivity index is 3.30. The summed E-state index contributed by atoms with van der Waals surface area (Å²) in [5, 5.41) is 0. The Kier molecular flexibility index (Phi) is 16.0. The van der Waals surface area contributed by atoms with E-state index in [2.05, 4.69) is 0 Å². The normalized spacial score (nSPS) is 12.0. The first kappa shape index (κ1) is 22.9. The molecule has 0 heterocycles. The number of rotatable bonds is 16. The maximum atomic E-state index is 11.6. The monoisotopic (exact) mass is 342 g/mol. The Morgan fingerprint density at radius 3 is 1.83 bits per heavy atom. The molecule has 0 N–H and O–H groups in total. The fraction of sp³-hybridized carbons (Fsp3) is 0.900. The molecule has 0 saturated heterocycles. The second kappa shape index (κ2) is 16.8. The molecule has 0 aliphatic carbocycles. The molecule has 0 saturated carbocycles. The third-order valence-electron chi connectivity index (χ3n) is 4.09. The molecule has 24 heavy (non-hydrogen) atoms. The van der Waals surface area contributed by atoms with E-state index >= 15 is 0 Å². The van der Waals surface area contributed by atoms with E-state index in [1.165, 1.54) is 32.1 Å². The van der Waals surface area contributed by atoms with Crippen LogP contribution in [0.15, 0.2) is 0 Å². The van der Waals surface area contributed by atoms with E-state index in [1.807, 2.05) is 20.8 Å². The van der Waals surface area contributed by atoms with E-state index in [-0.39, 0.29) is 17.9 Å². The summed E-state index contributed by atoms with van der Waals surface area (Å²) in [7, 11) is 0. The molecule has 0 radical (unpaired) electrons. The van der Waals surface area contributed by atoms with E-state index in [0.717, 1.165) is 38.5 Å². The van der Waals surface area contributed by atoms with Gasteiger partial charge in [-0.05, 0) is 25.7 Å². The standard InChI is InChI=1S/C20H38O4/c1-4-16-23-19(21)15-13-11-9-7-6-8-10-12-14-18(3)20(22)24-17-5-2/h18H,4-17H2,1-3H3. The summed E-state index contributed by atoms with van der Waals surface area (Å²) in [6, 6.07) is 0. The molecule has 0 aliphatic rings. The number of esters is 2. The third-order valence-corrected chi connectivity index (χ3v) is 4.09. The lowest BCUT2D eigenvalue weighted by molar-refractivity contribution is -0.148. The Bertz CT molecular complexity index is 315.